The molecule has 136 valence electrons. The van der Waals surface area contributed by atoms with Crippen molar-refractivity contribution in [3.05, 3.63) is 52.8 Å². The molecule has 2 aromatic carbocycles. The second-order valence-electron chi connectivity index (χ2n) is 5.24. The van der Waals surface area contributed by atoms with Gasteiger partial charge >= 0.3 is 5.25 Å². The molecule has 0 aliphatic carbocycles. The zero-order valence-electron chi connectivity index (χ0n) is 12.6. The molecule has 26 heavy (non-hydrogen) atoms. The van der Waals surface area contributed by atoms with Crippen LogP contribution in [0.15, 0.2) is 35.2 Å². The molecular formula is C16H8F5NO3S. The second kappa shape index (κ2) is 6.75. The third-order valence-electron chi connectivity index (χ3n) is 3.56. The van der Waals surface area contributed by atoms with Gasteiger partial charge in [-0.1, -0.05) is 6.07 Å². The predicted molar refractivity (Wildman–Crippen MR) is 79.8 cm³/mol. The molecule has 4 nitrogen and oxygen atoms in total. The largest absolute Gasteiger partial charge is 0.457 e. The van der Waals surface area contributed by atoms with Gasteiger partial charge < -0.3 is 4.74 Å². The number of rotatable bonds is 4. The van der Waals surface area contributed by atoms with Crippen molar-refractivity contribution in [3.63, 3.8) is 0 Å². The van der Waals surface area contributed by atoms with Gasteiger partial charge in [0.25, 0.3) is 6.43 Å². The van der Waals surface area contributed by atoms with Crippen LogP contribution in [-0.4, -0.2) is 10.5 Å². The van der Waals surface area contributed by atoms with Gasteiger partial charge in [0.05, 0.1) is 17.2 Å². The number of hydrogen-bond donors (Lipinski definition) is 1. The Labute approximate surface area is 147 Å². The van der Waals surface area contributed by atoms with Gasteiger partial charge in [-0.05, 0) is 30.0 Å². The van der Waals surface area contributed by atoms with E-state index in [2.05, 4.69) is 4.89 Å². The van der Waals surface area contributed by atoms with Crippen LogP contribution in [0.2, 0.25) is 0 Å². The van der Waals surface area contributed by atoms with E-state index in [0.717, 1.165) is 30.3 Å². The maximum Gasteiger partial charge on any atom is 0.331 e. The van der Waals surface area contributed by atoms with E-state index in [1.54, 1.807) is 6.07 Å². The average Bonchev–Trinajstić information content (AvgIpc) is 2.82. The first-order valence-electron chi connectivity index (χ1n) is 6.97. The molecule has 3 rings (SSSR count). The summed E-state index contributed by atoms with van der Waals surface area (Å²) >= 11 is -0.188. The molecule has 0 spiro atoms. The number of fused-ring (bicyclic) bond motifs is 1. The minimum absolute atomic E-state index is 0.102. The smallest absolute Gasteiger partial charge is 0.331 e. The highest BCUT2D eigenvalue weighted by Crippen LogP contribution is 2.59. The lowest BCUT2D eigenvalue weighted by atomic mass is 10.1. The highest BCUT2D eigenvalue weighted by atomic mass is 32.2. The molecule has 0 saturated heterocycles. The van der Waals surface area contributed by atoms with Crippen molar-refractivity contribution >= 4 is 11.8 Å². The Morgan fingerprint density at radius 3 is 2.58 bits per heavy atom. The van der Waals surface area contributed by atoms with Crippen LogP contribution in [0, 0.1) is 17.1 Å². The summed E-state index contributed by atoms with van der Waals surface area (Å²) in [6.07, 6.45) is -5.29. The molecule has 0 radical (unpaired) electrons. The van der Waals surface area contributed by atoms with Crippen LogP contribution in [-0.2, 0) is 4.89 Å². The number of hydrogen-bond acceptors (Lipinski definition) is 5. The zero-order chi connectivity index (χ0) is 19.1. The van der Waals surface area contributed by atoms with E-state index in [-0.39, 0.29) is 28.6 Å². The molecule has 1 atom stereocenters. The van der Waals surface area contributed by atoms with Crippen LogP contribution < -0.4 is 4.74 Å². The molecule has 1 aliphatic heterocycles. The predicted octanol–water partition coefficient (Wildman–Crippen LogP) is 5.66. The normalized spacial score (nSPS) is 17.8. The van der Waals surface area contributed by atoms with Gasteiger partial charge in [-0.3, -0.25) is 5.26 Å². The molecule has 1 unspecified atom stereocenters. The Hall–Kier alpha value is -2.35. The van der Waals surface area contributed by atoms with Gasteiger partial charge in [-0.25, -0.2) is 18.1 Å². The number of halogens is 5. The van der Waals surface area contributed by atoms with E-state index in [1.807, 2.05) is 0 Å². The number of nitriles is 1. The highest BCUT2D eigenvalue weighted by Gasteiger charge is 2.52. The van der Waals surface area contributed by atoms with Gasteiger partial charge in [0.1, 0.15) is 17.3 Å². The number of ether oxygens (including phenoxy) is 1. The minimum atomic E-state index is -3.66. The summed E-state index contributed by atoms with van der Waals surface area (Å²) in [6.45, 7) is 0. The molecule has 0 fully saturated rings. The molecule has 0 amide bonds. The van der Waals surface area contributed by atoms with Crippen molar-refractivity contribution in [1.82, 2.24) is 0 Å². The quantitative estimate of drug-likeness (QED) is 0.416. The van der Waals surface area contributed by atoms with Crippen molar-refractivity contribution < 1.29 is 36.8 Å². The Morgan fingerprint density at radius 2 is 1.96 bits per heavy atom. The van der Waals surface area contributed by atoms with Crippen LogP contribution in [0.25, 0.3) is 0 Å². The maximum absolute atomic E-state index is 13.9. The van der Waals surface area contributed by atoms with Crippen LogP contribution in [0.5, 0.6) is 11.5 Å². The Morgan fingerprint density at radius 1 is 1.23 bits per heavy atom. The first kappa shape index (κ1) is 18.4. The van der Waals surface area contributed by atoms with E-state index < -0.39 is 39.8 Å². The number of alkyl halides is 4. The zero-order valence-corrected chi connectivity index (χ0v) is 13.4. The van der Waals surface area contributed by atoms with Crippen LogP contribution in [0.4, 0.5) is 22.0 Å². The van der Waals surface area contributed by atoms with Gasteiger partial charge in [0.15, 0.2) is 6.10 Å². The van der Waals surface area contributed by atoms with Gasteiger partial charge in [-0.2, -0.15) is 14.0 Å². The standard InChI is InChI=1S/C16H8F5NO3S/c17-8-3-7(6-22)4-9(5-8)24-11-2-1-10-13(12(11)15(18)19)26-16(20,21)14(10)25-23/h1-5,14-15,23H. The minimum Gasteiger partial charge on any atom is -0.457 e. The first-order valence-corrected chi connectivity index (χ1v) is 7.79. The molecule has 0 saturated carbocycles. The van der Waals surface area contributed by atoms with Crippen molar-refractivity contribution in [3.8, 4) is 17.6 Å². The monoisotopic (exact) mass is 389 g/mol. The van der Waals surface area contributed by atoms with E-state index in [9.17, 15) is 22.0 Å². The summed E-state index contributed by atoms with van der Waals surface area (Å²) in [7, 11) is 0. The van der Waals surface area contributed by atoms with Gasteiger partial charge in [0, 0.05) is 16.5 Å². The average molecular weight is 389 g/mol. The van der Waals surface area contributed by atoms with Gasteiger partial charge in [-0.15, -0.1) is 0 Å². The third kappa shape index (κ3) is 3.21. The Kier molecular flexibility index (Phi) is 4.79. The number of thioether (sulfide) groups is 1. The van der Waals surface area contributed by atoms with E-state index in [0.29, 0.717) is 0 Å². The molecule has 2 aromatic rings. The fraction of sp³-hybridized carbons (Fsp3) is 0.188. The van der Waals surface area contributed by atoms with Crippen LogP contribution >= 0.6 is 11.8 Å². The molecule has 10 heteroatoms. The summed E-state index contributed by atoms with van der Waals surface area (Å²) in [6, 6.07) is 6.63. The molecule has 1 heterocycles. The summed E-state index contributed by atoms with van der Waals surface area (Å²) in [5.41, 5.74) is -1.26. The lowest BCUT2D eigenvalue weighted by molar-refractivity contribution is -0.310. The summed E-state index contributed by atoms with van der Waals surface area (Å²) in [4.78, 5) is 3.26. The van der Waals surface area contributed by atoms with Crippen molar-refractivity contribution in [1.29, 1.82) is 5.26 Å². The molecular weight excluding hydrogens is 381 g/mol. The Bertz CT molecular complexity index is 900. The first-order chi connectivity index (χ1) is 12.3. The summed E-state index contributed by atoms with van der Waals surface area (Å²) in [5, 5.41) is 13.8. The molecule has 1 N–H and O–H groups in total. The molecule has 1 aliphatic rings. The lowest BCUT2D eigenvalue weighted by Gasteiger charge is -2.15. The second-order valence-corrected chi connectivity index (χ2v) is 6.39. The number of benzene rings is 2. The fourth-order valence-corrected chi connectivity index (χ4v) is 3.66. The number of nitrogens with zero attached hydrogens (tertiary/aromatic N) is 1. The van der Waals surface area contributed by atoms with Crippen molar-refractivity contribution in [2.45, 2.75) is 22.7 Å². The van der Waals surface area contributed by atoms with E-state index >= 15 is 0 Å². The fourth-order valence-electron chi connectivity index (χ4n) is 2.52. The molecule has 0 aromatic heterocycles. The summed E-state index contributed by atoms with van der Waals surface area (Å²) < 4.78 is 73.5. The van der Waals surface area contributed by atoms with Crippen LogP contribution in [0.1, 0.15) is 29.2 Å². The van der Waals surface area contributed by atoms with E-state index in [1.165, 1.54) is 0 Å². The SMILES string of the molecule is N#Cc1cc(F)cc(Oc2ccc3c(c2C(F)F)SC(F)(F)C3OO)c1. The van der Waals surface area contributed by atoms with Crippen LogP contribution in [0.3, 0.4) is 0 Å². The van der Waals surface area contributed by atoms with Crippen molar-refractivity contribution in [2.75, 3.05) is 0 Å². The van der Waals surface area contributed by atoms with E-state index in [4.69, 9.17) is 15.3 Å². The Balaban J connectivity index is 2.08. The maximum atomic E-state index is 13.9. The van der Waals surface area contributed by atoms with Crippen molar-refractivity contribution in [2.24, 2.45) is 0 Å². The summed E-state index contributed by atoms with van der Waals surface area (Å²) in [5.74, 6) is -1.54. The topological polar surface area (TPSA) is 62.5 Å². The lowest BCUT2D eigenvalue weighted by Crippen LogP contribution is -2.18. The van der Waals surface area contributed by atoms with Gasteiger partial charge in [0.2, 0.25) is 0 Å². The molecule has 0 bridgehead atoms. The highest BCUT2D eigenvalue weighted by molar-refractivity contribution is 8.00. The third-order valence-corrected chi connectivity index (χ3v) is 4.71.